The first kappa shape index (κ1) is 14.4. The molecule has 1 atom stereocenters. The second-order valence-corrected chi connectivity index (χ2v) is 4.06. The van der Waals surface area contributed by atoms with Gasteiger partial charge in [0.05, 0.1) is 5.56 Å². The molecule has 0 bridgehead atoms. The van der Waals surface area contributed by atoms with Gasteiger partial charge in [0.25, 0.3) is 0 Å². The standard InChI is InChI=1S/C11H15ClN4O2/c1-4-13-11(18)6(2)14-10-8(5-17)9(12)15-7(3)16-10/h5-6H,4H2,1-3H3,(H,13,18)(H,14,15,16). The summed E-state index contributed by atoms with van der Waals surface area (Å²) in [5, 5.41) is 5.59. The molecule has 98 valence electrons. The number of likely N-dealkylation sites (N-methyl/N-ethyl adjacent to an activating group) is 1. The fourth-order valence-corrected chi connectivity index (χ4v) is 1.62. The Balaban J connectivity index is 2.96. The minimum atomic E-state index is -0.519. The van der Waals surface area contributed by atoms with Crippen LogP contribution in [0.4, 0.5) is 5.82 Å². The highest BCUT2D eigenvalue weighted by molar-refractivity contribution is 6.32. The number of amides is 1. The molecule has 0 radical (unpaired) electrons. The van der Waals surface area contributed by atoms with Gasteiger partial charge in [-0.15, -0.1) is 0 Å². The van der Waals surface area contributed by atoms with Crippen LogP contribution in [0.3, 0.4) is 0 Å². The second-order valence-electron chi connectivity index (χ2n) is 3.70. The normalized spacial score (nSPS) is 11.8. The maximum atomic E-state index is 11.6. The van der Waals surface area contributed by atoms with Gasteiger partial charge in [0.1, 0.15) is 22.8 Å². The molecule has 0 fully saturated rings. The third-order valence-corrected chi connectivity index (χ3v) is 2.51. The van der Waals surface area contributed by atoms with E-state index in [1.54, 1.807) is 13.8 Å². The van der Waals surface area contributed by atoms with Crippen molar-refractivity contribution in [1.82, 2.24) is 15.3 Å². The smallest absolute Gasteiger partial charge is 0.242 e. The minimum Gasteiger partial charge on any atom is -0.358 e. The molecule has 0 aromatic carbocycles. The first-order valence-corrected chi connectivity index (χ1v) is 5.91. The van der Waals surface area contributed by atoms with E-state index in [-0.39, 0.29) is 22.4 Å². The van der Waals surface area contributed by atoms with Crippen LogP contribution in [0.15, 0.2) is 0 Å². The van der Waals surface area contributed by atoms with Crippen molar-refractivity contribution in [3.8, 4) is 0 Å². The largest absolute Gasteiger partial charge is 0.358 e. The molecule has 0 aliphatic carbocycles. The summed E-state index contributed by atoms with van der Waals surface area (Å²) in [6.45, 7) is 5.69. The molecule has 0 saturated carbocycles. The molecule has 18 heavy (non-hydrogen) atoms. The maximum Gasteiger partial charge on any atom is 0.242 e. The predicted octanol–water partition coefficient (Wildman–Crippen LogP) is 1.19. The first-order valence-electron chi connectivity index (χ1n) is 5.53. The summed E-state index contributed by atoms with van der Waals surface area (Å²) in [5.41, 5.74) is 0.151. The minimum absolute atomic E-state index is 0.0723. The second kappa shape index (κ2) is 6.30. The van der Waals surface area contributed by atoms with E-state index in [0.29, 0.717) is 18.7 Å². The van der Waals surface area contributed by atoms with E-state index in [4.69, 9.17) is 11.6 Å². The molecule has 6 nitrogen and oxygen atoms in total. The van der Waals surface area contributed by atoms with Crippen LogP contribution in [0.2, 0.25) is 5.15 Å². The van der Waals surface area contributed by atoms with Gasteiger partial charge in [-0.25, -0.2) is 9.97 Å². The molecule has 0 saturated heterocycles. The number of carbonyl (C=O) groups is 2. The van der Waals surface area contributed by atoms with E-state index in [1.165, 1.54) is 0 Å². The van der Waals surface area contributed by atoms with Crippen molar-refractivity contribution in [3.63, 3.8) is 0 Å². The number of aryl methyl sites for hydroxylation is 1. The molecule has 0 aliphatic heterocycles. The fraction of sp³-hybridized carbons (Fsp3) is 0.455. The Bertz CT molecular complexity index is 465. The number of nitrogens with one attached hydrogen (secondary N) is 2. The lowest BCUT2D eigenvalue weighted by atomic mass is 10.2. The molecule has 7 heteroatoms. The number of aromatic nitrogens is 2. The van der Waals surface area contributed by atoms with E-state index in [0.717, 1.165) is 0 Å². The Labute approximate surface area is 110 Å². The Kier molecular flexibility index (Phi) is 5.03. The summed E-state index contributed by atoms with van der Waals surface area (Å²) in [6, 6.07) is -0.519. The van der Waals surface area contributed by atoms with Gasteiger partial charge in [0.2, 0.25) is 5.91 Å². The SMILES string of the molecule is CCNC(=O)C(C)Nc1nc(C)nc(Cl)c1C=O. The molecular formula is C11H15ClN4O2. The van der Waals surface area contributed by atoms with Crippen LogP contribution in [0.1, 0.15) is 30.0 Å². The fourth-order valence-electron chi connectivity index (χ4n) is 1.36. The van der Waals surface area contributed by atoms with Crippen molar-refractivity contribution >= 4 is 29.6 Å². The number of anilines is 1. The van der Waals surface area contributed by atoms with Gasteiger partial charge < -0.3 is 10.6 Å². The summed E-state index contributed by atoms with van der Waals surface area (Å²) in [6.07, 6.45) is 0.564. The van der Waals surface area contributed by atoms with Crippen molar-refractivity contribution in [2.24, 2.45) is 0 Å². The molecule has 1 rings (SSSR count). The average molecular weight is 271 g/mol. The Morgan fingerprint density at radius 3 is 2.72 bits per heavy atom. The molecule has 1 aromatic rings. The van der Waals surface area contributed by atoms with Crippen molar-refractivity contribution in [2.45, 2.75) is 26.8 Å². The van der Waals surface area contributed by atoms with Crippen LogP contribution in [0.5, 0.6) is 0 Å². The van der Waals surface area contributed by atoms with Crippen molar-refractivity contribution in [2.75, 3.05) is 11.9 Å². The number of hydrogen-bond donors (Lipinski definition) is 2. The number of carbonyl (C=O) groups excluding carboxylic acids is 2. The van der Waals surface area contributed by atoms with Crippen molar-refractivity contribution in [1.29, 1.82) is 0 Å². The van der Waals surface area contributed by atoms with Crippen LogP contribution in [0, 0.1) is 6.92 Å². The zero-order valence-corrected chi connectivity index (χ0v) is 11.2. The monoisotopic (exact) mass is 270 g/mol. The maximum absolute atomic E-state index is 11.6. The Morgan fingerprint density at radius 2 is 2.17 bits per heavy atom. The van der Waals surface area contributed by atoms with Crippen LogP contribution < -0.4 is 10.6 Å². The molecular weight excluding hydrogens is 256 g/mol. The number of aldehydes is 1. The zero-order chi connectivity index (χ0) is 13.7. The van der Waals surface area contributed by atoms with E-state index in [2.05, 4.69) is 20.6 Å². The van der Waals surface area contributed by atoms with E-state index in [9.17, 15) is 9.59 Å². The molecule has 1 amide bonds. The average Bonchev–Trinajstić information content (AvgIpc) is 2.28. The van der Waals surface area contributed by atoms with Gasteiger partial charge in [-0.2, -0.15) is 0 Å². The lowest BCUT2D eigenvalue weighted by Crippen LogP contribution is -2.37. The van der Waals surface area contributed by atoms with Gasteiger partial charge >= 0.3 is 0 Å². The molecule has 1 aromatic heterocycles. The summed E-state index contributed by atoms with van der Waals surface area (Å²) >= 11 is 5.84. The van der Waals surface area contributed by atoms with Crippen LogP contribution in [-0.2, 0) is 4.79 Å². The highest BCUT2D eigenvalue weighted by Gasteiger charge is 2.17. The topological polar surface area (TPSA) is 84.0 Å². The lowest BCUT2D eigenvalue weighted by Gasteiger charge is -2.15. The van der Waals surface area contributed by atoms with Crippen molar-refractivity contribution < 1.29 is 9.59 Å². The van der Waals surface area contributed by atoms with E-state index < -0.39 is 6.04 Å². The number of rotatable bonds is 5. The quantitative estimate of drug-likeness (QED) is 0.620. The summed E-state index contributed by atoms with van der Waals surface area (Å²) < 4.78 is 0. The summed E-state index contributed by atoms with van der Waals surface area (Å²) in [7, 11) is 0. The van der Waals surface area contributed by atoms with Crippen LogP contribution in [0.25, 0.3) is 0 Å². The van der Waals surface area contributed by atoms with Gasteiger partial charge in [0, 0.05) is 6.54 Å². The lowest BCUT2D eigenvalue weighted by molar-refractivity contribution is -0.121. The number of halogens is 1. The van der Waals surface area contributed by atoms with E-state index in [1.807, 2.05) is 6.92 Å². The first-order chi connectivity index (χ1) is 8.49. The third kappa shape index (κ3) is 3.40. The van der Waals surface area contributed by atoms with Crippen LogP contribution >= 0.6 is 11.6 Å². The Morgan fingerprint density at radius 1 is 1.50 bits per heavy atom. The molecule has 1 heterocycles. The highest BCUT2D eigenvalue weighted by Crippen LogP contribution is 2.19. The summed E-state index contributed by atoms with van der Waals surface area (Å²) in [5.74, 6) is 0.513. The highest BCUT2D eigenvalue weighted by atomic mass is 35.5. The van der Waals surface area contributed by atoms with E-state index >= 15 is 0 Å². The Hall–Kier alpha value is -1.69. The number of hydrogen-bond acceptors (Lipinski definition) is 5. The zero-order valence-electron chi connectivity index (χ0n) is 10.5. The molecule has 0 spiro atoms. The van der Waals surface area contributed by atoms with Crippen LogP contribution in [-0.4, -0.2) is 34.7 Å². The molecule has 1 unspecified atom stereocenters. The number of nitrogens with zero attached hydrogens (tertiary/aromatic N) is 2. The summed E-state index contributed by atoms with van der Waals surface area (Å²) in [4.78, 5) is 30.5. The van der Waals surface area contributed by atoms with Gasteiger partial charge in [-0.1, -0.05) is 11.6 Å². The van der Waals surface area contributed by atoms with Gasteiger partial charge in [-0.3, -0.25) is 9.59 Å². The molecule has 0 aliphatic rings. The predicted molar refractivity (Wildman–Crippen MR) is 68.9 cm³/mol. The van der Waals surface area contributed by atoms with Gasteiger partial charge in [-0.05, 0) is 20.8 Å². The van der Waals surface area contributed by atoms with Crippen molar-refractivity contribution in [3.05, 3.63) is 16.5 Å². The van der Waals surface area contributed by atoms with Gasteiger partial charge in [0.15, 0.2) is 6.29 Å². The third-order valence-electron chi connectivity index (χ3n) is 2.23. The molecule has 2 N–H and O–H groups in total.